The normalized spacial score (nSPS) is 14.0. The van der Waals surface area contributed by atoms with Gasteiger partial charge in [0.15, 0.2) is 0 Å². The van der Waals surface area contributed by atoms with Crippen LogP contribution in [0, 0.1) is 24.0 Å². The van der Waals surface area contributed by atoms with E-state index in [1.165, 1.54) is 54.2 Å². The van der Waals surface area contributed by atoms with Crippen molar-refractivity contribution in [1.29, 1.82) is 0 Å². The summed E-state index contributed by atoms with van der Waals surface area (Å²) in [6.07, 6.45) is 6.72. The number of hydrogen-bond donors (Lipinski definition) is 0. The average Bonchev–Trinajstić information content (AvgIpc) is 3.66. The van der Waals surface area contributed by atoms with E-state index in [1.54, 1.807) is 0 Å². The van der Waals surface area contributed by atoms with Gasteiger partial charge in [0.2, 0.25) is 0 Å². The van der Waals surface area contributed by atoms with E-state index in [0.717, 1.165) is 30.2 Å². The maximum atomic E-state index is 7.50. The molecule has 0 amide bonds. The van der Waals surface area contributed by atoms with Gasteiger partial charge in [0.25, 0.3) is 0 Å². The molecule has 2 N–H and O–H groups in total. The fourth-order valence-electron chi connectivity index (χ4n) is 6.74. The number of halogens is 2. The summed E-state index contributed by atoms with van der Waals surface area (Å²) in [7, 11) is 1.55. The SMILES string of the molecule is CC(C)c1ccccc1[NH-].CC(C)c1ccccc1[NH-].CC1=[C-]C(C)C(C)=C1C.CC1=[C-]C(C)C(C)=C1C.[Cl-].[Cl-].[Hf].[Hf].c1ccc([Si]c2ccccc2)cc1.c1ccc([Si]c2ccccc2)cc1. The topological polar surface area (TPSA) is 47.6 Å². The van der Waals surface area contributed by atoms with Crippen LogP contribution in [0.1, 0.15) is 106 Å². The van der Waals surface area contributed by atoms with Crippen LogP contribution in [0.3, 0.4) is 0 Å². The zero-order valence-corrected chi connectivity index (χ0v) is 52.9. The molecule has 4 radical (unpaired) electrons. The summed E-state index contributed by atoms with van der Waals surface area (Å²) in [5, 5.41) is 5.59. The Morgan fingerprint density at radius 2 is 0.603 bits per heavy atom. The summed E-state index contributed by atoms with van der Waals surface area (Å²) in [5.41, 5.74) is 27.0. The van der Waals surface area contributed by atoms with Crippen molar-refractivity contribution in [1.82, 2.24) is 0 Å². The second kappa shape index (κ2) is 36.6. The van der Waals surface area contributed by atoms with Crippen LogP contribution in [-0.2, 0) is 51.7 Å². The van der Waals surface area contributed by atoms with Gasteiger partial charge in [-0.05, 0) is 11.8 Å². The molecule has 8 rings (SSSR count). The summed E-state index contributed by atoms with van der Waals surface area (Å²) in [5.74, 6) is 2.05. The van der Waals surface area contributed by atoms with Gasteiger partial charge in [0, 0.05) is 51.7 Å². The van der Waals surface area contributed by atoms with Crippen LogP contribution < -0.4 is 45.6 Å². The third-order valence-electron chi connectivity index (χ3n) is 11.3. The molecule has 2 atom stereocenters. The van der Waals surface area contributed by atoms with Crippen LogP contribution in [0.5, 0.6) is 0 Å². The second-order valence-corrected chi connectivity index (χ2v) is 19.6. The Kier molecular flexibility index (Phi) is 35.9. The molecule has 0 aliphatic heterocycles. The van der Waals surface area contributed by atoms with E-state index < -0.39 is 0 Å². The van der Waals surface area contributed by atoms with Gasteiger partial charge in [0.1, 0.15) is 19.0 Å². The molecule has 68 heavy (non-hydrogen) atoms. The van der Waals surface area contributed by atoms with Crippen molar-refractivity contribution in [2.24, 2.45) is 11.8 Å². The Hall–Kier alpha value is -3.37. The number of rotatable bonds is 6. The van der Waals surface area contributed by atoms with Crippen molar-refractivity contribution >= 4 is 51.2 Å². The molecule has 6 aromatic rings. The molecule has 2 aliphatic rings. The van der Waals surface area contributed by atoms with Crippen molar-refractivity contribution in [2.75, 3.05) is 0 Å². The summed E-state index contributed by atoms with van der Waals surface area (Å²) < 4.78 is 0. The largest absolute Gasteiger partial charge is 1.00 e. The molecule has 356 valence electrons. The predicted octanol–water partition coefficient (Wildman–Crippen LogP) is 9.12. The van der Waals surface area contributed by atoms with Crippen molar-refractivity contribution in [3.8, 4) is 0 Å². The number of hydrogen-bond acceptors (Lipinski definition) is 0. The van der Waals surface area contributed by atoms with Gasteiger partial charge < -0.3 is 36.3 Å². The van der Waals surface area contributed by atoms with Gasteiger partial charge >= 0.3 is 0 Å². The van der Waals surface area contributed by atoms with E-state index in [9.17, 15) is 0 Å². The average molecular weight is 1300 g/mol. The quantitative estimate of drug-likeness (QED) is 0.118. The Morgan fingerprint density at radius 3 is 0.750 bits per heavy atom. The summed E-state index contributed by atoms with van der Waals surface area (Å²) in [6.45, 7) is 25.8. The first-order valence-corrected chi connectivity index (χ1v) is 24.5. The molecule has 0 saturated heterocycles. The van der Waals surface area contributed by atoms with Crippen LogP contribution >= 0.6 is 0 Å². The van der Waals surface area contributed by atoms with Gasteiger partial charge in [0.05, 0.1) is 0 Å². The van der Waals surface area contributed by atoms with Crippen LogP contribution in [0.25, 0.3) is 11.5 Å². The molecule has 8 heteroatoms. The van der Waals surface area contributed by atoms with Crippen molar-refractivity contribution in [2.45, 2.75) is 94.9 Å². The van der Waals surface area contributed by atoms with Crippen LogP contribution in [0.4, 0.5) is 11.4 Å². The standard InChI is InChI=1S/2C12H10Si.2C9H12N.2C9H13.2ClH.2Hf/c2*1-3-7-11(8-4-1)13-12-9-5-2-6-10-12;2*1-7(2)8-5-3-4-6-9(8)10;2*1-6-5-7(2)9(4)8(6)3;;;;/h2*1-10H;2*3-7,10H,1-2H3;2*6H,1-4H3;2*1H;;/q;;4*-1;;;;/p-2. The van der Waals surface area contributed by atoms with Gasteiger partial charge in [-0.1, -0.05) is 283 Å². The number of nitrogens with one attached hydrogen (secondary N) is 2. The van der Waals surface area contributed by atoms with Crippen molar-refractivity contribution < 1.29 is 76.5 Å². The fourth-order valence-corrected chi connectivity index (χ4v) is 8.85. The molecule has 2 unspecified atom stereocenters. The first kappa shape index (κ1) is 66.7. The molecule has 6 aromatic carbocycles. The molecule has 0 saturated carbocycles. The third-order valence-corrected chi connectivity index (χ3v) is 13.8. The van der Waals surface area contributed by atoms with E-state index in [-0.39, 0.29) is 76.5 Å². The smallest absolute Gasteiger partial charge is 0.121 e. The number of benzene rings is 6. The molecule has 0 aromatic heterocycles. The van der Waals surface area contributed by atoms with E-state index in [1.807, 2.05) is 48.5 Å². The maximum Gasteiger partial charge on any atom is 0.121 e. The molecular weight excluding hydrogens is 1230 g/mol. The number of allylic oxidation sites excluding steroid dienone is 8. The zero-order chi connectivity index (χ0) is 47.0. The molecule has 0 spiro atoms. The second-order valence-electron chi connectivity index (χ2n) is 16.8. The first-order valence-electron chi connectivity index (χ1n) is 22.5. The van der Waals surface area contributed by atoms with Crippen molar-refractivity contribution in [3.63, 3.8) is 0 Å². The Balaban J connectivity index is 0. The molecule has 0 bridgehead atoms. The van der Waals surface area contributed by atoms with Gasteiger partial charge in [-0.15, -0.1) is 25.2 Å². The van der Waals surface area contributed by atoms with E-state index in [4.69, 9.17) is 11.5 Å². The molecule has 0 fully saturated rings. The summed E-state index contributed by atoms with van der Waals surface area (Å²) in [6, 6.07) is 57.7. The summed E-state index contributed by atoms with van der Waals surface area (Å²) in [4.78, 5) is 0. The van der Waals surface area contributed by atoms with Crippen molar-refractivity contribution in [3.05, 3.63) is 238 Å². The molecule has 0 heterocycles. The monoisotopic (exact) mass is 1300 g/mol. The first-order chi connectivity index (χ1) is 30.6. The van der Waals surface area contributed by atoms with Gasteiger partial charge in [-0.2, -0.15) is 22.3 Å². The van der Waals surface area contributed by atoms with E-state index in [2.05, 4.69) is 217 Å². The van der Waals surface area contributed by atoms with Crippen LogP contribution in [0.2, 0.25) is 0 Å². The van der Waals surface area contributed by atoms with Crippen LogP contribution in [-0.4, -0.2) is 19.0 Å². The van der Waals surface area contributed by atoms with E-state index in [0.29, 0.717) is 35.0 Å². The van der Waals surface area contributed by atoms with Crippen LogP contribution in [0.15, 0.2) is 203 Å². The predicted molar refractivity (Wildman–Crippen MR) is 285 cm³/mol. The Morgan fingerprint density at radius 1 is 0.382 bits per heavy atom. The minimum atomic E-state index is 0. The maximum absolute atomic E-state index is 7.50. The molecule has 2 nitrogen and oxygen atoms in total. The molecular formula is C60H70Cl2Hf2N2Si2-6. The van der Waals surface area contributed by atoms with Gasteiger partial charge in [-0.3, -0.25) is 12.2 Å². The molecule has 2 aliphatic carbocycles. The minimum absolute atomic E-state index is 0. The summed E-state index contributed by atoms with van der Waals surface area (Å²) >= 11 is 0. The van der Waals surface area contributed by atoms with E-state index >= 15 is 0 Å². The fraction of sp³-hybridized carbons (Fsp3) is 0.267. The zero-order valence-electron chi connectivity index (χ0n) is 42.2. The Bertz CT molecular complexity index is 2160. The minimum Gasteiger partial charge on any atom is -1.00 e. The van der Waals surface area contributed by atoms with Gasteiger partial charge in [-0.25, -0.2) is 11.1 Å². The third kappa shape index (κ3) is 24.5. The Labute approximate surface area is 468 Å².